The summed E-state index contributed by atoms with van der Waals surface area (Å²) >= 11 is 13.6. The van der Waals surface area contributed by atoms with Crippen molar-refractivity contribution in [2.45, 2.75) is 23.7 Å². The molecule has 2 N–H and O–H groups in total. The molecule has 0 bridgehead atoms. The third kappa shape index (κ3) is 5.98. The van der Waals surface area contributed by atoms with E-state index in [2.05, 4.69) is 15.6 Å². The van der Waals surface area contributed by atoms with Crippen LogP contribution in [-0.2, 0) is 10.5 Å². The molecule has 0 fully saturated rings. The maximum absolute atomic E-state index is 12.5. The molecule has 2 aromatic carbocycles. The highest BCUT2D eigenvalue weighted by Crippen LogP contribution is 2.25. The number of hydrogen-bond acceptors (Lipinski definition) is 4. The van der Waals surface area contributed by atoms with Gasteiger partial charge in [-0.25, -0.2) is 4.98 Å². The summed E-state index contributed by atoms with van der Waals surface area (Å²) in [6.45, 7) is 1.60. The van der Waals surface area contributed by atoms with E-state index in [0.29, 0.717) is 5.69 Å². The Morgan fingerprint density at radius 3 is 2.63 bits per heavy atom. The van der Waals surface area contributed by atoms with Crippen LogP contribution in [0.5, 0.6) is 0 Å². The first-order chi connectivity index (χ1) is 14.4. The van der Waals surface area contributed by atoms with Crippen LogP contribution in [0.1, 0.15) is 22.8 Å². The first-order valence-electron chi connectivity index (χ1n) is 9.12. The number of hydrogen-bond donors (Lipinski definition) is 2. The lowest BCUT2D eigenvalue weighted by Crippen LogP contribution is -2.41. The van der Waals surface area contributed by atoms with Crippen molar-refractivity contribution in [3.05, 3.63) is 88.0 Å². The van der Waals surface area contributed by atoms with Gasteiger partial charge in [0, 0.05) is 17.6 Å². The maximum atomic E-state index is 12.5. The molecule has 2 amide bonds. The van der Waals surface area contributed by atoms with Gasteiger partial charge in [-0.2, -0.15) is 0 Å². The Kier molecular flexibility index (Phi) is 7.74. The lowest BCUT2D eigenvalue weighted by molar-refractivity contribution is -0.117. The minimum atomic E-state index is -0.765. The Balaban J connectivity index is 1.58. The highest BCUT2D eigenvalue weighted by atomic mass is 35.5. The zero-order valence-electron chi connectivity index (χ0n) is 16.1. The first-order valence-corrected chi connectivity index (χ1v) is 10.9. The van der Waals surface area contributed by atoms with Crippen molar-refractivity contribution < 1.29 is 9.59 Å². The number of anilines is 1. The maximum Gasteiger partial charge on any atom is 0.253 e. The second kappa shape index (κ2) is 10.5. The number of carbonyl (C=O) groups excluding carboxylic acids is 2. The summed E-state index contributed by atoms with van der Waals surface area (Å²) in [5.74, 6) is -0.0815. The average Bonchev–Trinajstić information content (AvgIpc) is 2.75. The fourth-order valence-corrected chi connectivity index (χ4v) is 3.79. The highest BCUT2D eigenvalue weighted by Gasteiger charge is 2.19. The molecule has 5 nitrogen and oxygen atoms in total. The number of nitrogens with one attached hydrogen (secondary N) is 2. The summed E-state index contributed by atoms with van der Waals surface area (Å²) in [6.07, 6.45) is 1.76. The van der Waals surface area contributed by atoms with Crippen molar-refractivity contribution in [3.63, 3.8) is 0 Å². The van der Waals surface area contributed by atoms with Crippen molar-refractivity contribution in [3.8, 4) is 0 Å². The molecule has 3 aromatic rings. The third-order valence-electron chi connectivity index (χ3n) is 4.16. The van der Waals surface area contributed by atoms with Crippen molar-refractivity contribution in [1.82, 2.24) is 10.3 Å². The van der Waals surface area contributed by atoms with E-state index in [1.165, 1.54) is 0 Å². The van der Waals surface area contributed by atoms with E-state index in [-0.39, 0.29) is 21.5 Å². The van der Waals surface area contributed by atoms with E-state index < -0.39 is 11.9 Å². The molecule has 1 unspecified atom stereocenters. The predicted molar refractivity (Wildman–Crippen MR) is 122 cm³/mol. The zero-order chi connectivity index (χ0) is 21.5. The number of rotatable bonds is 7. The van der Waals surface area contributed by atoms with Crippen LogP contribution in [0.15, 0.2) is 71.9 Å². The second-order valence-corrected chi connectivity index (χ2v) is 8.22. The van der Waals surface area contributed by atoms with Gasteiger partial charge in [0.25, 0.3) is 5.91 Å². The summed E-state index contributed by atoms with van der Waals surface area (Å²) in [5.41, 5.74) is 1.92. The quantitative estimate of drug-likeness (QED) is 0.461. The van der Waals surface area contributed by atoms with Crippen LogP contribution in [0, 0.1) is 0 Å². The minimum Gasteiger partial charge on any atom is -0.340 e. The van der Waals surface area contributed by atoms with Gasteiger partial charge in [0.2, 0.25) is 5.91 Å². The Hall–Kier alpha value is -2.54. The second-order valence-electron chi connectivity index (χ2n) is 6.44. The monoisotopic (exact) mass is 459 g/mol. The van der Waals surface area contributed by atoms with Crippen LogP contribution in [0.25, 0.3) is 0 Å². The molecular weight excluding hydrogens is 441 g/mol. The Morgan fingerprint density at radius 1 is 1.07 bits per heavy atom. The molecule has 0 aliphatic heterocycles. The standard InChI is InChI=1S/C22H19Cl2N3O2S/c1-14(26-22(29)17-8-5-9-18(23)20(17)24)21(28)27-16-7-4-6-15(12-16)13-30-19-10-2-3-11-25-19/h2-12,14H,13H2,1H3,(H,26,29)(H,27,28). The summed E-state index contributed by atoms with van der Waals surface area (Å²) in [7, 11) is 0. The average molecular weight is 460 g/mol. The van der Waals surface area contributed by atoms with E-state index in [4.69, 9.17) is 23.2 Å². The summed E-state index contributed by atoms with van der Waals surface area (Å²) in [4.78, 5) is 29.2. The molecule has 0 saturated heterocycles. The largest absolute Gasteiger partial charge is 0.340 e. The predicted octanol–water partition coefficient (Wildman–Crippen LogP) is 5.44. The molecule has 0 aliphatic rings. The van der Waals surface area contributed by atoms with E-state index in [0.717, 1.165) is 16.3 Å². The molecule has 1 heterocycles. The van der Waals surface area contributed by atoms with Crippen molar-refractivity contribution in [2.24, 2.45) is 0 Å². The lowest BCUT2D eigenvalue weighted by atomic mass is 10.2. The SMILES string of the molecule is CC(NC(=O)c1cccc(Cl)c1Cl)C(=O)Nc1cccc(CSc2ccccn2)c1. The van der Waals surface area contributed by atoms with Crippen LogP contribution in [0.3, 0.4) is 0 Å². The molecule has 30 heavy (non-hydrogen) atoms. The van der Waals surface area contributed by atoms with E-state index in [1.807, 2.05) is 36.4 Å². The van der Waals surface area contributed by atoms with Crippen LogP contribution in [0.2, 0.25) is 10.0 Å². The van der Waals surface area contributed by atoms with Crippen LogP contribution >= 0.6 is 35.0 Å². The van der Waals surface area contributed by atoms with E-state index in [9.17, 15) is 9.59 Å². The number of carbonyl (C=O) groups is 2. The summed E-state index contributed by atoms with van der Waals surface area (Å²) in [6, 6.07) is 17.3. The fraction of sp³-hybridized carbons (Fsp3) is 0.136. The van der Waals surface area contributed by atoms with Crippen molar-refractivity contribution in [2.75, 3.05) is 5.32 Å². The molecule has 0 spiro atoms. The number of halogens is 2. The Morgan fingerprint density at radius 2 is 1.87 bits per heavy atom. The normalized spacial score (nSPS) is 11.6. The molecule has 8 heteroatoms. The van der Waals surface area contributed by atoms with Gasteiger partial charge < -0.3 is 10.6 Å². The zero-order valence-corrected chi connectivity index (χ0v) is 18.4. The van der Waals surface area contributed by atoms with Crippen LogP contribution in [0.4, 0.5) is 5.69 Å². The first kappa shape index (κ1) is 22.2. The van der Waals surface area contributed by atoms with Gasteiger partial charge >= 0.3 is 0 Å². The number of amides is 2. The molecule has 3 rings (SSSR count). The molecular formula is C22H19Cl2N3O2S. The van der Waals surface area contributed by atoms with Gasteiger partial charge in [0.15, 0.2) is 0 Å². The van der Waals surface area contributed by atoms with Gasteiger partial charge in [-0.05, 0) is 48.9 Å². The van der Waals surface area contributed by atoms with Gasteiger partial charge in [0.05, 0.1) is 20.6 Å². The molecule has 0 saturated carbocycles. The lowest BCUT2D eigenvalue weighted by Gasteiger charge is -2.15. The Bertz CT molecular complexity index is 1050. The molecule has 0 radical (unpaired) electrons. The molecule has 1 aromatic heterocycles. The summed E-state index contributed by atoms with van der Waals surface area (Å²) in [5, 5.41) is 6.83. The number of aromatic nitrogens is 1. The van der Waals surface area contributed by atoms with Gasteiger partial charge in [0.1, 0.15) is 6.04 Å². The number of nitrogens with zero attached hydrogens (tertiary/aromatic N) is 1. The van der Waals surface area contributed by atoms with Crippen molar-refractivity contribution in [1.29, 1.82) is 0 Å². The highest BCUT2D eigenvalue weighted by molar-refractivity contribution is 7.98. The molecule has 0 aliphatic carbocycles. The number of thioether (sulfide) groups is 1. The Labute approximate surface area is 189 Å². The summed E-state index contributed by atoms with van der Waals surface area (Å²) < 4.78 is 0. The van der Waals surface area contributed by atoms with E-state index >= 15 is 0 Å². The third-order valence-corrected chi connectivity index (χ3v) is 5.99. The van der Waals surface area contributed by atoms with Crippen LogP contribution < -0.4 is 10.6 Å². The topological polar surface area (TPSA) is 71.1 Å². The van der Waals surface area contributed by atoms with Gasteiger partial charge in [-0.15, -0.1) is 11.8 Å². The molecule has 1 atom stereocenters. The van der Waals surface area contributed by atoms with E-state index in [1.54, 1.807) is 49.1 Å². The fourth-order valence-electron chi connectivity index (χ4n) is 2.60. The minimum absolute atomic E-state index is 0.155. The smallest absolute Gasteiger partial charge is 0.253 e. The van der Waals surface area contributed by atoms with Gasteiger partial charge in [-0.1, -0.05) is 47.5 Å². The van der Waals surface area contributed by atoms with Crippen LogP contribution in [-0.4, -0.2) is 22.8 Å². The number of pyridine rings is 1. The molecule has 154 valence electrons. The number of benzene rings is 2. The van der Waals surface area contributed by atoms with Gasteiger partial charge in [-0.3, -0.25) is 9.59 Å². The van der Waals surface area contributed by atoms with Crippen molar-refractivity contribution >= 4 is 52.5 Å².